The van der Waals surface area contributed by atoms with Crippen LogP contribution in [-0.2, 0) is 14.8 Å². The highest BCUT2D eigenvalue weighted by molar-refractivity contribution is 7.92. The molecular weight excluding hydrogens is 356 g/mol. The van der Waals surface area contributed by atoms with Crippen LogP contribution in [0.5, 0.6) is 5.75 Å². The molecule has 7 nitrogen and oxygen atoms in total. The van der Waals surface area contributed by atoms with Gasteiger partial charge < -0.3 is 15.2 Å². The third kappa shape index (κ3) is 5.21. The maximum atomic E-state index is 12.6. The summed E-state index contributed by atoms with van der Waals surface area (Å²) in [6.07, 6.45) is 0.489. The molecule has 0 saturated heterocycles. The van der Waals surface area contributed by atoms with Crippen molar-refractivity contribution >= 4 is 21.6 Å². The minimum Gasteiger partial charge on any atom is -0.484 e. The summed E-state index contributed by atoms with van der Waals surface area (Å²) in [6, 6.07) is 14.6. The van der Waals surface area contributed by atoms with Crippen molar-refractivity contribution in [2.24, 2.45) is 0 Å². The molecule has 0 aliphatic heterocycles. The number of rotatable bonds is 9. The SMILES string of the molecule is CN(c1ccc(OCC(=O)NCCCO)cc1)S(=O)(=O)c1ccccc1. The Hall–Kier alpha value is -2.58. The summed E-state index contributed by atoms with van der Waals surface area (Å²) in [7, 11) is -2.16. The average Bonchev–Trinajstić information content (AvgIpc) is 2.67. The number of anilines is 1. The first-order valence-corrected chi connectivity index (χ1v) is 9.53. The summed E-state index contributed by atoms with van der Waals surface area (Å²) >= 11 is 0. The van der Waals surface area contributed by atoms with Crippen LogP contribution in [0, 0.1) is 0 Å². The zero-order valence-corrected chi connectivity index (χ0v) is 15.3. The molecule has 0 unspecified atom stereocenters. The number of benzene rings is 2. The van der Waals surface area contributed by atoms with Gasteiger partial charge in [-0.05, 0) is 42.8 Å². The van der Waals surface area contributed by atoms with E-state index in [0.717, 1.165) is 0 Å². The second-order valence-electron chi connectivity index (χ2n) is 5.50. The fourth-order valence-corrected chi connectivity index (χ4v) is 3.36. The zero-order chi connectivity index (χ0) is 19.0. The predicted octanol–water partition coefficient (Wildman–Crippen LogP) is 1.39. The maximum Gasteiger partial charge on any atom is 0.264 e. The average molecular weight is 378 g/mol. The van der Waals surface area contributed by atoms with Gasteiger partial charge in [0.05, 0.1) is 10.6 Å². The largest absolute Gasteiger partial charge is 0.484 e. The molecule has 0 aliphatic carbocycles. The van der Waals surface area contributed by atoms with E-state index >= 15 is 0 Å². The van der Waals surface area contributed by atoms with Gasteiger partial charge >= 0.3 is 0 Å². The number of amides is 1. The van der Waals surface area contributed by atoms with Crippen molar-refractivity contribution in [3.05, 3.63) is 54.6 Å². The Balaban J connectivity index is 1.97. The highest BCUT2D eigenvalue weighted by atomic mass is 32.2. The number of nitrogens with one attached hydrogen (secondary N) is 1. The number of ether oxygens (including phenoxy) is 1. The molecule has 8 heteroatoms. The van der Waals surface area contributed by atoms with Crippen LogP contribution in [0.2, 0.25) is 0 Å². The number of carbonyl (C=O) groups is 1. The Morgan fingerprint density at radius 3 is 2.38 bits per heavy atom. The number of aliphatic hydroxyl groups excluding tert-OH is 1. The number of nitrogens with zero attached hydrogens (tertiary/aromatic N) is 1. The number of hydrogen-bond donors (Lipinski definition) is 2. The highest BCUT2D eigenvalue weighted by Gasteiger charge is 2.20. The van der Waals surface area contributed by atoms with Crippen molar-refractivity contribution in [2.45, 2.75) is 11.3 Å². The molecule has 0 saturated carbocycles. The van der Waals surface area contributed by atoms with E-state index < -0.39 is 10.0 Å². The Morgan fingerprint density at radius 1 is 1.12 bits per heavy atom. The molecule has 26 heavy (non-hydrogen) atoms. The molecule has 0 heterocycles. The molecule has 0 aliphatic rings. The molecule has 140 valence electrons. The minimum atomic E-state index is -3.64. The number of carbonyl (C=O) groups excluding carboxylic acids is 1. The van der Waals surface area contributed by atoms with Gasteiger partial charge in [0.2, 0.25) is 0 Å². The third-order valence-corrected chi connectivity index (χ3v) is 5.43. The van der Waals surface area contributed by atoms with Crippen LogP contribution in [0.1, 0.15) is 6.42 Å². The van der Waals surface area contributed by atoms with Gasteiger partial charge in [0.25, 0.3) is 15.9 Å². The van der Waals surface area contributed by atoms with Crippen LogP contribution in [0.15, 0.2) is 59.5 Å². The van der Waals surface area contributed by atoms with E-state index in [-0.39, 0.29) is 24.0 Å². The van der Waals surface area contributed by atoms with Crippen LogP contribution in [0.4, 0.5) is 5.69 Å². The molecule has 0 aromatic heterocycles. The Labute approximate surface area is 153 Å². The molecule has 0 fully saturated rings. The van der Waals surface area contributed by atoms with E-state index in [1.165, 1.54) is 11.4 Å². The molecule has 0 atom stereocenters. The lowest BCUT2D eigenvalue weighted by atomic mass is 10.3. The Bertz CT molecular complexity index is 807. The van der Waals surface area contributed by atoms with Gasteiger partial charge in [-0.2, -0.15) is 0 Å². The molecule has 1 amide bonds. The van der Waals surface area contributed by atoms with Crippen molar-refractivity contribution in [2.75, 3.05) is 31.1 Å². The van der Waals surface area contributed by atoms with Crippen molar-refractivity contribution in [1.29, 1.82) is 0 Å². The fraction of sp³-hybridized carbons (Fsp3) is 0.278. The second-order valence-corrected chi connectivity index (χ2v) is 7.46. The second kappa shape index (κ2) is 9.21. The first-order chi connectivity index (χ1) is 12.4. The standard InChI is InChI=1S/C18H22N2O5S/c1-20(26(23,24)17-6-3-2-4-7-17)15-8-10-16(11-9-15)25-14-18(22)19-12-5-13-21/h2-4,6-11,21H,5,12-14H2,1H3,(H,19,22). The quantitative estimate of drug-likeness (QED) is 0.643. The van der Waals surface area contributed by atoms with Gasteiger partial charge in [0.15, 0.2) is 6.61 Å². The van der Waals surface area contributed by atoms with E-state index in [9.17, 15) is 13.2 Å². The molecular formula is C18H22N2O5S. The molecule has 2 N–H and O–H groups in total. The summed E-state index contributed by atoms with van der Waals surface area (Å²) in [5.74, 6) is 0.169. The summed E-state index contributed by atoms with van der Waals surface area (Å²) in [5, 5.41) is 11.3. The van der Waals surface area contributed by atoms with Gasteiger partial charge in [-0.1, -0.05) is 18.2 Å². The number of hydrogen-bond acceptors (Lipinski definition) is 5. The van der Waals surface area contributed by atoms with Gasteiger partial charge in [-0.25, -0.2) is 8.42 Å². The summed E-state index contributed by atoms with van der Waals surface area (Å²) in [5.41, 5.74) is 0.480. The summed E-state index contributed by atoms with van der Waals surface area (Å²) in [4.78, 5) is 11.8. The Morgan fingerprint density at radius 2 is 1.77 bits per heavy atom. The van der Waals surface area contributed by atoms with E-state index in [1.54, 1.807) is 54.6 Å². The first kappa shape index (κ1) is 19.7. The molecule has 2 aromatic carbocycles. The van der Waals surface area contributed by atoms with Gasteiger partial charge in [0, 0.05) is 20.2 Å². The van der Waals surface area contributed by atoms with E-state index in [2.05, 4.69) is 5.32 Å². The maximum absolute atomic E-state index is 12.6. The van der Waals surface area contributed by atoms with Crippen molar-refractivity contribution in [3.8, 4) is 5.75 Å². The fourth-order valence-electron chi connectivity index (χ4n) is 2.15. The highest BCUT2D eigenvalue weighted by Crippen LogP contribution is 2.24. The number of aliphatic hydroxyl groups is 1. The molecule has 2 aromatic rings. The number of sulfonamides is 1. The normalized spacial score (nSPS) is 11.0. The van der Waals surface area contributed by atoms with Crippen molar-refractivity contribution in [3.63, 3.8) is 0 Å². The predicted molar refractivity (Wildman–Crippen MR) is 98.7 cm³/mol. The van der Waals surface area contributed by atoms with E-state index in [0.29, 0.717) is 24.4 Å². The lowest BCUT2D eigenvalue weighted by Gasteiger charge is -2.19. The van der Waals surface area contributed by atoms with E-state index in [4.69, 9.17) is 9.84 Å². The lowest BCUT2D eigenvalue weighted by Crippen LogP contribution is -2.30. The van der Waals surface area contributed by atoms with Crippen LogP contribution >= 0.6 is 0 Å². The Kier molecular flexibility index (Phi) is 6.99. The topological polar surface area (TPSA) is 95.9 Å². The molecule has 0 bridgehead atoms. The van der Waals surface area contributed by atoms with Gasteiger partial charge in [0.1, 0.15) is 5.75 Å². The minimum absolute atomic E-state index is 0.0159. The monoisotopic (exact) mass is 378 g/mol. The first-order valence-electron chi connectivity index (χ1n) is 8.09. The third-order valence-electron chi connectivity index (χ3n) is 3.63. The van der Waals surface area contributed by atoms with Crippen LogP contribution < -0.4 is 14.4 Å². The van der Waals surface area contributed by atoms with Crippen molar-refractivity contribution in [1.82, 2.24) is 5.32 Å². The van der Waals surface area contributed by atoms with E-state index in [1.807, 2.05) is 0 Å². The zero-order valence-electron chi connectivity index (χ0n) is 14.5. The van der Waals surface area contributed by atoms with Crippen LogP contribution in [0.3, 0.4) is 0 Å². The molecule has 0 spiro atoms. The molecule has 0 radical (unpaired) electrons. The van der Waals surface area contributed by atoms with Gasteiger partial charge in [-0.3, -0.25) is 9.10 Å². The van der Waals surface area contributed by atoms with Crippen LogP contribution in [-0.4, -0.2) is 46.2 Å². The van der Waals surface area contributed by atoms with Crippen LogP contribution in [0.25, 0.3) is 0 Å². The van der Waals surface area contributed by atoms with Crippen molar-refractivity contribution < 1.29 is 23.1 Å². The smallest absolute Gasteiger partial charge is 0.264 e. The summed E-state index contributed by atoms with van der Waals surface area (Å²) < 4.78 is 31.7. The lowest BCUT2D eigenvalue weighted by molar-refractivity contribution is -0.123. The van der Waals surface area contributed by atoms with Gasteiger partial charge in [-0.15, -0.1) is 0 Å². The molecule has 2 rings (SSSR count). The summed E-state index contributed by atoms with van der Waals surface area (Å²) in [6.45, 7) is 0.255.